The van der Waals surface area contributed by atoms with E-state index in [1.54, 1.807) is 0 Å². The summed E-state index contributed by atoms with van der Waals surface area (Å²) in [5.74, 6) is 1.36. The first-order valence-electron chi connectivity index (χ1n) is 7.57. The summed E-state index contributed by atoms with van der Waals surface area (Å²) in [5, 5.41) is 10.2. The fourth-order valence-corrected chi connectivity index (χ4v) is 3.74. The molecule has 0 amide bonds. The summed E-state index contributed by atoms with van der Waals surface area (Å²) >= 11 is 0. The highest BCUT2D eigenvalue weighted by molar-refractivity contribution is 5.39. The first kappa shape index (κ1) is 12.2. The summed E-state index contributed by atoms with van der Waals surface area (Å²) in [5.41, 5.74) is 4.08. The van der Waals surface area contributed by atoms with Gasteiger partial charge in [0.25, 0.3) is 0 Å². The van der Waals surface area contributed by atoms with Crippen molar-refractivity contribution in [1.29, 1.82) is 0 Å². The molecule has 98 valence electrons. The summed E-state index contributed by atoms with van der Waals surface area (Å²) < 4.78 is 0. The molecule has 0 aromatic heterocycles. The predicted octanol–water partition coefficient (Wildman–Crippen LogP) is 4.67. The van der Waals surface area contributed by atoms with Gasteiger partial charge in [-0.25, -0.2) is 0 Å². The van der Waals surface area contributed by atoms with Gasteiger partial charge < -0.3 is 5.11 Å². The summed E-state index contributed by atoms with van der Waals surface area (Å²) in [6.07, 6.45) is 8.66. The summed E-state index contributed by atoms with van der Waals surface area (Å²) in [4.78, 5) is 0. The summed E-state index contributed by atoms with van der Waals surface area (Å²) in [7, 11) is 0. The Hall–Kier alpha value is -0.820. The molecule has 0 heterocycles. The van der Waals surface area contributed by atoms with Crippen LogP contribution in [0.2, 0.25) is 0 Å². The van der Waals surface area contributed by atoms with E-state index >= 15 is 0 Å². The van der Waals surface area contributed by atoms with Crippen LogP contribution in [-0.2, 0) is 0 Å². The molecule has 1 aromatic carbocycles. The number of fused-ring (bicyclic) bond motifs is 1. The second kappa shape index (κ2) is 5.05. The minimum atomic E-state index is -0.222. The van der Waals surface area contributed by atoms with Gasteiger partial charge in [0.2, 0.25) is 0 Å². The van der Waals surface area contributed by atoms with E-state index in [0.29, 0.717) is 5.92 Å². The van der Waals surface area contributed by atoms with Crippen molar-refractivity contribution in [3.05, 3.63) is 34.9 Å². The molecule has 1 heteroatoms. The molecule has 1 aromatic rings. The van der Waals surface area contributed by atoms with Crippen LogP contribution in [-0.4, -0.2) is 5.11 Å². The van der Waals surface area contributed by atoms with Gasteiger partial charge >= 0.3 is 0 Å². The van der Waals surface area contributed by atoms with Gasteiger partial charge in [-0.3, -0.25) is 0 Å². The largest absolute Gasteiger partial charge is 0.388 e. The van der Waals surface area contributed by atoms with Gasteiger partial charge in [0, 0.05) is 0 Å². The monoisotopic (exact) mass is 244 g/mol. The van der Waals surface area contributed by atoms with Crippen LogP contribution >= 0.6 is 0 Å². The number of hydrogen-bond acceptors (Lipinski definition) is 1. The molecular weight excluding hydrogens is 220 g/mol. The fourth-order valence-electron chi connectivity index (χ4n) is 3.74. The molecule has 2 aliphatic rings. The molecule has 18 heavy (non-hydrogen) atoms. The van der Waals surface area contributed by atoms with Crippen molar-refractivity contribution >= 4 is 0 Å². The van der Waals surface area contributed by atoms with Crippen molar-refractivity contribution in [3.8, 4) is 0 Å². The molecule has 1 nitrogen and oxygen atoms in total. The van der Waals surface area contributed by atoms with Crippen molar-refractivity contribution in [1.82, 2.24) is 0 Å². The Bertz CT molecular complexity index is 418. The van der Waals surface area contributed by atoms with Crippen molar-refractivity contribution in [2.75, 3.05) is 0 Å². The van der Waals surface area contributed by atoms with Crippen LogP contribution in [0.4, 0.5) is 0 Å². The van der Waals surface area contributed by atoms with Crippen LogP contribution in [0, 0.1) is 0 Å². The number of aliphatic hydroxyl groups excluding tert-OH is 1. The number of hydrogen-bond donors (Lipinski definition) is 1. The van der Waals surface area contributed by atoms with E-state index in [0.717, 1.165) is 18.8 Å². The zero-order valence-electron chi connectivity index (χ0n) is 11.4. The summed E-state index contributed by atoms with van der Waals surface area (Å²) in [6.45, 7) is 2.28. The molecule has 0 aliphatic heterocycles. The minimum Gasteiger partial charge on any atom is -0.388 e. The predicted molar refractivity (Wildman–Crippen MR) is 74.9 cm³/mol. The maximum atomic E-state index is 10.2. The highest BCUT2D eigenvalue weighted by Crippen LogP contribution is 2.40. The van der Waals surface area contributed by atoms with Gasteiger partial charge in [-0.15, -0.1) is 0 Å². The Morgan fingerprint density at radius 2 is 1.72 bits per heavy atom. The maximum absolute atomic E-state index is 10.2. The highest BCUT2D eigenvalue weighted by Gasteiger charge is 2.25. The van der Waals surface area contributed by atoms with Crippen molar-refractivity contribution in [2.24, 2.45) is 0 Å². The molecular formula is C17H24O. The van der Waals surface area contributed by atoms with Crippen LogP contribution in [0.15, 0.2) is 18.2 Å². The lowest BCUT2D eigenvalue weighted by Crippen LogP contribution is -2.14. The van der Waals surface area contributed by atoms with Gasteiger partial charge in [0.15, 0.2) is 0 Å². The lowest BCUT2D eigenvalue weighted by molar-refractivity contribution is 0.151. The molecule has 1 fully saturated rings. The third-order valence-electron chi connectivity index (χ3n) is 4.95. The number of benzene rings is 1. The highest BCUT2D eigenvalue weighted by atomic mass is 16.3. The van der Waals surface area contributed by atoms with Crippen molar-refractivity contribution in [2.45, 2.75) is 69.8 Å². The molecule has 0 saturated heterocycles. The lowest BCUT2D eigenvalue weighted by Gasteiger charge is -2.29. The normalized spacial score (nSPS) is 29.0. The SMILES string of the molecule is CC1CC[C@H](O)c2cc(C3CCCCC3)ccc21. The van der Waals surface area contributed by atoms with E-state index in [1.807, 2.05) is 0 Å². The molecule has 0 spiro atoms. The van der Waals surface area contributed by atoms with Crippen LogP contribution in [0.3, 0.4) is 0 Å². The van der Waals surface area contributed by atoms with E-state index in [9.17, 15) is 5.11 Å². The molecule has 3 rings (SSSR count). The molecule has 2 atom stereocenters. The van der Waals surface area contributed by atoms with Gasteiger partial charge in [-0.1, -0.05) is 44.4 Å². The molecule has 0 radical (unpaired) electrons. The van der Waals surface area contributed by atoms with E-state index in [2.05, 4.69) is 25.1 Å². The minimum absolute atomic E-state index is 0.222. The van der Waals surface area contributed by atoms with Gasteiger partial charge in [0.1, 0.15) is 0 Å². The number of rotatable bonds is 1. The average molecular weight is 244 g/mol. The fraction of sp³-hybridized carbons (Fsp3) is 0.647. The second-order valence-electron chi connectivity index (χ2n) is 6.22. The zero-order chi connectivity index (χ0) is 12.5. The Kier molecular flexibility index (Phi) is 3.43. The van der Waals surface area contributed by atoms with E-state index in [4.69, 9.17) is 0 Å². The smallest absolute Gasteiger partial charge is 0.0793 e. The zero-order valence-corrected chi connectivity index (χ0v) is 11.4. The summed E-state index contributed by atoms with van der Waals surface area (Å²) in [6, 6.07) is 6.92. The van der Waals surface area contributed by atoms with Crippen molar-refractivity contribution in [3.63, 3.8) is 0 Å². The third kappa shape index (κ3) is 2.21. The Balaban J connectivity index is 1.91. The average Bonchev–Trinajstić information content (AvgIpc) is 2.44. The first-order chi connectivity index (χ1) is 8.75. The molecule has 0 bridgehead atoms. The molecule has 1 unspecified atom stereocenters. The standard InChI is InChI=1S/C17H24O/c1-12-7-10-17(18)16-11-14(8-9-15(12)16)13-5-3-2-4-6-13/h8-9,11-13,17-18H,2-7,10H2,1H3/t12?,17-/m0/s1. The van der Waals surface area contributed by atoms with Crippen LogP contribution in [0.25, 0.3) is 0 Å². The lowest BCUT2D eigenvalue weighted by atomic mass is 9.78. The first-order valence-corrected chi connectivity index (χ1v) is 7.57. The van der Waals surface area contributed by atoms with Gasteiger partial charge in [0.05, 0.1) is 6.10 Å². The molecule has 2 aliphatic carbocycles. The Morgan fingerprint density at radius 3 is 2.50 bits per heavy atom. The molecule has 1 saturated carbocycles. The van der Waals surface area contributed by atoms with E-state index in [1.165, 1.54) is 48.8 Å². The van der Waals surface area contributed by atoms with Crippen LogP contribution < -0.4 is 0 Å². The second-order valence-corrected chi connectivity index (χ2v) is 6.22. The van der Waals surface area contributed by atoms with Gasteiger partial charge in [-0.2, -0.15) is 0 Å². The quantitative estimate of drug-likeness (QED) is 0.761. The van der Waals surface area contributed by atoms with Gasteiger partial charge in [-0.05, 0) is 54.2 Å². The van der Waals surface area contributed by atoms with Crippen molar-refractivity contribution < 1.29 is 5.11 Å². The topological polar surface area (TPSA) is 20.2 Å². The van der Waals surface area contributed by atoms with Crippen LogP contribution in [0.1, 0.15) is 86.5 Å². The maximum Gasteiger partial charge on any atom is 0.0793 e. The number of aliphatic hydroxyl groups is 1. The third-order valence-corrected chi connectivity index (χ3v) is 4.95. The van der Waals surface area contributed by atoms with Crippen LogP contribution in [0.5, 0.6) is 0 Å². The van der Waals surface area contributed by atoms with E-state index in [-0.39, 0.29) is 6.10 Å². The molecule has 1 N–H and O–H groups in total. The Labute approximate surface area is 110 Å². The Morgan fingerprint density at radius 1 is 0.944 bits per heavy atom. The van der Waals surface area contributed by atoms with E-state index < -0.39 is 0 Å².